The van der Waals surface area contributed by atoms with E-state index in [2.05, 4.69) is 10.1 Å². The van der Waals surface area contributed by atoms with Crippen molar-refractivity contribution in [1.29, 1.82) is 0 Å². The fourth-order valence-corrected chi connectivity index (χ4v) is 3.53. The molecule has 1 fully saturated rings. The van der Waals surface area contributed by atoms with E-state index in [9.17, 15) is 18.7 Å². The molecule has 3 aromatic rings. The number of carbonyl (C=O) groups is 1. The summed E-state index contributed by atoms with van der Waals surface area (Å²) in [7, 11) is 0. The van der Waals surface area contributed by atoms with E-state index in [1.807, 2.05) is 12.1 Å². The number of pyridine rings is 1. The number of carboxylic acid groups (broad SMARTS) is 1. The number of halogens is 3. The Labute approximate surface area is 207 Å². The summed E-state index contributed by atoms with van der Waals surface area (Å²) < 4.78 is 29.3. The van der Waals surface area contributed by atoms with Crippen molar-refractivity contribution < 1.29 is 70.1 Å². The number of benzene rings is 1. The van der Waals surface area contributed by atoms with E-state index in [1.165, 1.54) is 0 Å². The zero-order valence-electron chi connectivity index (χ0n) is 15.4. The Hall–Kier alpha value is -0.904. The normalized spacial score (nSPS) is 14.1. The van der Waals surface area contributed by atoms with Crippen LogP contribution in [0.25, 0.3) is 11.0 Å². The molecule has 0 unspecified atom stereocenters. The fraction of sp³-hybridized carbons (Fsp3) is 0.316. The quantitative estimate of drug-likeness (QED) is 0.542. The zero-order valence-corrected chi connectivity index (χ0v) is 19.3. The molecule has 9 heteroatoms. The van der Waals surface area contributed by atoms with Gasteiger partial charge in [-0.1, -0.05) is 23.7 Å². The van der Waals surface area contributed by atoms with Gasteiger partial charge in [-0.15, -0.1) is 0 Å². The van der Waals surface area contributed by atoms with Crippen molar-refractivity contribution in [1.82, 2.24) is 14.8 Å². The van der Waals surface area contributed by atoms with Crippen LogP contribution in [0.1, 0.15) is 41.1 Å². The molecular formula is C19H15ClF2KN3O2. The van der Waals surface area contributed by atoms with Gasteiger partial charge in [-0.2, -0.15) is 13.9 Å². The number of nitrogens with zero attached hydrogens (tertiary/aromatic N) is 3. The Morgan fingerprint density at radius 1 is 1.39 bits per heavy atom. The van der Waals surface area contributed by atoms with Crippen molar-refractivity contribution in [3.63, 3.8) is 0 Å². The number of aliphatic carboxylic acids is 1. The monoisotopic (exact) mass is 429 g/mol. The number of aryl methyl sites for hydroxylation is 1. The molecule has 0 aliphatic heterocycles. The number of alkyl halides is 2. The smallest absolute Gasteiger partial charge is 0.544 e. The van der Waals surface area contributed by atoms with Gasteiger partial charge >= 0.3 is 57.3 Å². The summed E-state index contributed by atoms with van der Waals surface area (Å²) in [5.74, 6) is -6.14. The van der Waals surface area contributed by atoms with E-state index in [4.69, 9.17) is 11.6 Å². The van der Waals surface area contributed by atoms with Crippen LogP contribution in [0.2, 0.25) is 5.02 Å². The Balaban J connectivity index is 0.00000225. The van der Waals surface area contributed by atoms with Gasteiger partial charge in [0.05, 0.1) is 17.8 Å². The van der Waals surface area contributed by atoms with Crippen LogP contribution in [0.15, 0.2) is 30.5 Å². The van der Waals surface area contributed by atoms with Crippen molar-refractivity contribution in [3.8, 4) is 0 Å². The number of fused-ring (bicyclic) bond motifs is 1. The van der Waals surface area contributed by atoms with Gasteiger partial charge < -0.3 is 9.90 Å². The summed E-state index contributed by atoms with van der Waals surface area (Å²) in [6, 6.07) is 6.80. The first kappa shape index (κ1) is 21.8. The molecule has 0 bridgehead atoms. The predicted molar refractivity (Wildman–Crippen MR) is 93.7 cm³/mol. The average Bonchev–Trinajstić information content (AvgIpc) is 3.42. The molecule has 1 aliphatic rings. The zero-order chi connectivity index (χ0) is 19.3. The number of carboxylic acids is 1. The van der Waals surface area contributed by atoms with Gasteiger partial charge in [0, 0.05) is 16.8 Å². The molecule has 0 spiro atoms. The van der Waals surface area contributed by atoms with Crippen LogP contribution in [-0.2, 0) is 17.3 Å². The van der Waals surface area contributed by atoms with Crippen LogP contribution >= 0.6 is 11.6 Å². The number of hydrogen-bond donors (Lipinski definition) is 0. The summed E-state index contributed by atoms with van der Waals surface area (Å²) in [5.41, 5.74) is 2.61. The maximum Gasteiger partial charge on any atom is 1.00 e. The average molecular weight is 430 g/mol. The van der Waals surface area contributed by atoms with Crippen molar-refractivity contribution >= 4 is 28.6 Å². The summed E-state index contributed by atoms with van der Waals surface area (Å²) in [4.78, 5) is 14.8. The molecule has 2 heterocycles. The van der Waals surface area contributed by atoms with Crippen LogP contribution < -0.4 is 56.5 Å². The van der Waals surface area contributed by atoms with Crippen molar-refractivity contribution in [2.45, 2.75) is 38.2 Å². The molecule has 0 saturated heterocycles. The SMILES string of the molecule is Cc1nn(Cc2c(Cl)cccc2C2CC2)c2cc(C(F)(F)C(=O)[O-])cnc12.[K+]. The molecule has 1 aromatic carbocycles. The van der Waals surface area contributed by atoms with Crippen LogP contribution in [0.5, 0.6) is 0 Å². The number of aromatic nitrogens is 3. The minimum Gasteiger partial charge on any atom is -0.544 e. The second kappa shape index (κ2) is 8.08. The fourth-order valence-electron chi connectivity index (χ4n) is 3.29. The van der Waals surface area contributed by atoms with E-state index in [-0.39, 0.29) is 57.9 Å². The molecule has 140 valence electrons. The first-order chi connectivity index (χ1) is 12.8. The van der Waals surface area contributed by atoms with Crippen LogP contribution in [0.3, 0.4) is 0 Å². The minimum atomic E-state index is -4.13. The third kappa shape index (κ3) is 3.90. The maximum absolute atomic E-state index is 13.9. The summed E-state index contributed by atoms with van der Waals surface area (Å²) >= 11 is 6.39. The molecule has 4 rings (SSSR count). The van der Waals surface area contributed by atoms with Crippen molar-refractivity contribution in [3.05, 3.63) is 57.9 Å². The maximum atomic E-state index is 13.9. The van der Waals surface area contributed by atoms with Gasteiger partial charge in [0.25, 0.3) is 0 Å². The third-order valence-corrected chi connectivity index (χ3v) is 5.21. The van der Waals surface area contributed by atoms with Crippen molar-refractivity contribution in [2.24, 2.45) is 0 Å². The van der Waals surface area contributed by atoms with E-state index in [1.54, 1.807) is 17.7 Å². The summed E-state index contributed by atoms with van der Waals surface area (Å²) in [6.07, 6.45) is 3.04. The predicted octanol–water partition coefficient (Wildman–Crippen LogP) is 0.165. The molecule has 28 heavy (non-hydrogen) atoms. The van der Waals surface area contributed by atoms with Gasteiger partial charge in [-0.25, -0.2) is 0 Å². The standard InChI is InChI=1S/C19H16ClF2N3O2.K/c1-10-17-16(7-12(8-23-17)19(21,22)18(26)27)25(24-10)9-14-13(11-5-6-11)3-2-4-15(14)20;/h2-4,7-8,11H,5-6,9H2,1H3,(H,26,27);/q;+1/p-1. The second-order valence-electron chi connectivity index (χ2n) is 6.78. The van der Waals surface area contributed by atoms with Crippen LogP contribution in [0, 0.1) is 6.92 Å². The topological polar surface area (TPSA) is 70.8 Å². The summed E-state index contributed by atoms with van der Waals surface area (Å²) in [5, 5.41) is 15.8. The first-order valence-corrected chi connectivity index (χ1v) is 8.87. The minimum absolute atomic E-state index is 0. The largest absolute Gasteiger partial charge is 1.00 e. The molecule has 1 aliphatic carbocycles. The Morgan fingerprint density at radius 2 is 2.11 bits per heavy atom. The van der Waals surface area contributed by atoms with E-state index in [0.717, 1.165) is 36.2 Å². The number of carbonyl (C=O) groups excluding carboxylic acids is 1. The third-order valence-electron chi connectivity index (χ3n) is 4.86. The van der Waals surface area contributed by atoms with E-state index in [0.29, 0.717) is 27.7 Å². The molecule has 5 nitrogen and oxygen atoms in total. The van der Waals surface area contributed by atoms with Gasteiger partial charge in [0.15, 0.2) is 0 Å². The molecule has 0 amide bonds. The molecule has 0 atom stereocenters. The van der Waals surface area contributed by atoms with Crippen LogP contribution in [0.4, 0.5) is 8.78 Å². The molecule has 1 saturated carbocycles. The Bertz CT molecular complexity index is 1070. The first-order valence-electron chi connectivity index (χ1n) is 8.49. The van der Waals surface area contributed by atoms with Crippen LogP contribution in [-0.4, -0.2) is 20.7 Å². The molecular weight excluding hydrogens is 415 g/mol. The molecule has 0 radical (unpaired) electrons. The number of rotatable bonds is 5. The van der Waals surface area contributed by atoms with E-state index >= 15 is 0 Å². The number of hydrogen-bond acceptors (Lipinski definition) is 4. The van der Waals surface area contributed by atoms with Gasteiger partial charge in [-0.3, -0.25) is 9.67 Å². The van der Waals surface area contributed by atoms with Gasteiger partial charge in [0.2, 0.25) is 0 Å². The Kier molecular flexibility index (Phi) is 6.29. The van der Waals surface area contributed by atoms with Gasteiger partial charge in [-0.05, 0) is 48.9 Å². The van der Waals surface area contributed by atoms with Crippen molar-refractivity contribution in [2.75, 3.05) is 0 Å². The van der Waals surface area contributed by atoms with E-state index < -0.39 is 17.5 Å². The second-order valence-corrected chi connectivity index (χ2v) is 7.19. The molecule has 0 N–H and O–H groups in total. The molecule has 2 aromatic heterocycles. The Morgan fingerprint density at radius 3 is 2.75 bits per heavy atom. The summed E-state index contributed by atoms with van der Waals surface area (Å²) in [6.45, 7) is 2.01. The van der Waals surface area contributed by atoms with Gasteiger partial charge in [0.1, 0.15) is 11.5 Å².